The Morgan fingerprint density at radius 3 is 2.58 bits per heavy atom. The van der Waals surface area contributed by atoms with Crippen molar-refractivity contribution in [2.45, 2.75) is 39.4 Å². The number of hydrogen-bond acceptors (Lipinski definition) is 3. The Morgan fingerprint density at radius 2 is 1.88 bits per heavy atom. The van der Waals surface area contributed by atoms with Gasteiger partial charge in [0.25, 0.3) is 0 Å². The van der Waals surface area contributed by atoms with Gasteiger partial charge in [-0.25, -0.2) is 4.39 Å². The van der Waals surface area contributed by atoms with Crippen molar-refractivity contribution >= 4 is 11.6 Å². The molecule has 0 spiro atoms. The molecule has 3 rings (SSSR count). The van der Waals surface area contributed by atoms with Crippen molar-refractivity contribution < 1.29 is 4.39 Å². The van der Waals surface area contributed by atoms with E-state index in [4.69, 9.17) is 11.6 Å². The predicted molar refractivity (Wildman–Crippen MR) is 103 cm³/mol. The topological polar surface area (TPSA) is 42.7 Å². The Hall–Kier alpha value is -2.24. The molecule has 1 heterocycles. The first kappa shape index (κ1) is 18.5. The highest BCUT2D eigenvalue weighted by molar-refractivity contribution is 6.31. The zero-order valence-electron chi connectivity index (χ0n) is 14.9. The van der Waals surface area contributed by atoms with Gasteiger partial charge in [0.15, 0.2) is 0 Å². The van der Waals surface area contributed by atoms with E-state index in [9.17, 15) is 4.39 Å². The summed E-state index contributed by atoms with van der Waals surface area (Å²) in [7, 11) is 0. The highest BCUT2D eigenvalue weighted by Crippen LogP contribution is 2.23. The first-order valence-electron chi connectivity index (χ1n) is 8.74. The normalized spacial score (nSPS) is 12.3. The fourth-order valence-corrected chi connectivity index (χ4v) is 2.86. The first-order valence-corrected chi connectivity index (χ1v) is 9.12. The van der Waals surface area contributed by atoms with Gasteiger partial charge in [0.05, 0.1) is 6.54 Å². The van der Waals surface area contributed by atoms with E-state index < -0.39 is 0 Å². The summed E-state index contributed by atoms with van der Waals surface area (Å²) in [6, 6.07) is 14.9. The number of hydrogen-bond donors (Lipinski definition) is 1. The maximum absolute atomic E-state index is 14.1. The number of benzene rings is 2. The molecule has 0 aliphatic rings. The van der Waals surface area contributed by atoms with Crippen molar-refractivity contribution in [2.24, 2.45) is 0 Å². The summed E-state index contributed by atoms with van der Waals surface area (Å²) in [5.41, 5.74) is 3.02. The summed E-state index contributed by atoms with van der Waals surface area (Å²) in [6.07, 6.45) is 1.03. The Labute approximate surface area is 158 Å². The summed E-state index contributed by atoms with van der Waals surface area (Å²) >= 11 is 6.14. The second-order valence-electron chi connectivity index (χ2n) is 6.28. The van der Waals surface area contributed by atoms with Crippen LogP contribution in [0.4, 0.5) is 4.39 Å². The molecule has 0 aliphatic carbocycles. The van der Waals surface area contributed by atoms with E-state index in [1.165, 1.54) is 10.9 Å². The van der Waals surface area contributed by atoms with Crippen LogP contribution in [0.5, 0.6) is 0 Å². The minimum absolute atomic E-state index is 0.189. The van der Waals surface area contributed by atoms with E-state index in [0.29, 0.717) is 23.2 Å². The lowest BCUT2D eigenvalue weighted by Gasteiger charge is -2.10. The molecule has 3 aromatic rings. The zero-order chi connectivity index (χ0) is 18.5. The van der Waals surface area contributed by atoms with Crippen LogP contribution in [0.2, 0.25) is 5.02 Å². The van der Waals surface area contributed by atoms with Gasteiger partial charge in [0, 0.05) is 28.7 Å². The monoisotopic (exact) mass is 372 g/mol. The second-order valence-corrected chi connectivity index (χ2v) is 6.69. The van der Waals surface area contributed by atoms with Gasteiger partial charge >= 0.3 is 0 Å². The van der Waals surface area contributed by atoms with Crippen LogP contribution in [0.25, 0.3) is 11.3 Å². The van der Waals surface area contributed by atoms with Crippen LogP contribution in [0.15, 0.2) is 48.5 Å². The van der Waals surface area contributed by atoms with Crippen molar-refractivity contribution in [1.29, 1.82) is 0 Å². The molecule has 4 nitrogen and oxygen atoms in total. The molecule has 0 unspecified atom stereocenters. The van der Waals surface area contributed by atoms with E-state index in [1.807, 2.05) is 30.3 Å². The third-order valence-corrected chi connectivity index (χ3v) is 4.72. The number of halogens is 2. The summed E-state index contributed by atoms with van der Waals surface area (Å²) in [6.45, 7) is 5.05. The van der Waals surface area contributed by atoms with Crippen LogP contribution in [0, 0.1) is 5.82 Å². The molecule has 1 N–H and O–H groups in total. The maximum atomic E-state index is 14.1. The minimum atomic E-state index is -0.352. The predicted octanol–water partition coefficient (Wildman–Crippen LogP) is 4.67. The Balaban J connectivity index is 1.93. The van der Waals surface area contributed by atoms with E-state index in [0.717, 1.165) is 23.4 Å². The van der Waals surface area contributed by atoms with Gasteiger partial charge < -0.3 is 5.32 Å². The van der Waals surface area contributed by atoms with Gasteiger partial charge in [-0.3, -0.25) is 0 Å². The maximum Gasteiger partial charge on any atom is 0.129 e. The van der Waals surface area contributed by atoms with Gasteiger partial charge in [0.1, 0.15) is 17.2 Å². The van der Waals surface area contributed by atoms with Crippen LogP contribution >= 0.6 is 11.6 Å². The number of rotatable bonds is 7. The van der Waals surface area contributed by atoms with Crippen LogP contribution in [-0.4, -0.2) is 21.0 Å². The third kappa shape index (κ3) is 4.29. The highest BCUT2D eigenvalue weighted by Gasteiger charge is 2.16. The molecular weight excluding hydrogens is 351 g/mol. The molecule has 0 aliphatic heterocycles. The first-order chi connectivity index (χ1) is 12.6. The quantitative estimate of drug-likeness (QED) is 0.655. The average Bonchev–Trinajstić information content (AvgIpc) is 3.06. The van der Waals surface area contributed by atoms with Crippen LogP contribution < -0.4 is 5.32 Å². The molecule has 1 aromatic heterocycles. The molecule has 0 fully saturated rings. The zero-order valence-corrected chi connectivity index (χ0v) is 15.7. The van der Waals surface area contributed by atoms with Gasteiger partial charge in [-0.1, -0.05) is 54.9 Å². The lowest BCUT2D eigenvalue weighted by Crippen LogP contribution is -2.25. The largest absolute Gasteiger partial charge is 0.309 e. The van der Waals surface area contributed by atoms with Gasteiger partial charge in [-0.05, 0) is 25.5 Å². The molecule has 1 atom stereocenters. The molecule has 0 amide bonds. The molecule has 136 valence electrons. The van der Waals surface area contributed by atoms with Gasteiger partial charge in [-0.2, -0.15) is 15.0 Å². The average molecular weight is 373 g/mol. The van der Waals surface area contributed by atoms with E-state index >= 15 is 0 Å². The molecule has 26 heavy (non-hydrogen) atoms. The smallest absolute Gasteiger partial charge is 0.129 e. The number of nitrogens with zero attached hydrogens (tertiary/aromatic N) is 3. The van der Waals surface area contributed by atoms with Gasteiger partial charge in [0.2, 0.25) is 0 Å². The van der Waals surface area contributed by atoms with Gasteiger partial charge in [-0.15, -0.1) is 0 Å². The molecule has 0 bridgehead atoms. The molecule has 6 heteroatoms. The van der Waals surface area contributed by atoms with E-state index in [2.05, 4.69) is 29.4 Å². The van der Waals surface area contributed by atoms with Crippen molar-refractivity contribution in [3.8, 4) is 11.3 Å². The summed E-state index contributed by atoms with van der Waals surface area (Å²) in [5, 5.41) is 13.0. The van der Waals surface area contributed by atoms with Crippen LogP contribution in [0.3, 0.4) is 0 Å². The van der Waals surface area contributed by atoms with Crippen molar-refractivity contribution in [3.63, 3.8) is 0 Å². The standard InChI is InChI=1S/C20H22ClFN4/c1-3-14(2)23-12-19-20(15-8-5-4-6-9-15)25-26(24-19)13-16-17(21)10-7-11-18(16)22/h4-11,14,23H,3,12-13H2,1-2H3/t14-/m1/s1. The third-order valence-electron chi connectivity index (χ3n) is 4.36. The molecule has 2 aromatic carbocycles. The van der Waals surface area contributed by atoms with Crippen molar-refractivity contribution in [2.75, 3.05) is 0 Å². The molecule has 0 radical (unpaired) electrons. The van der Waals surface area contributed by atoms with Crippen molar-refractivity contribution in [3.05, 3.63) is 70.6 Å². The number of nitrogens with one attached hydrogen (secondary N) is 1. The minimum Gasteiger partial charge on any atom is -0.309 e. The molecule has 0 saturated heterocycles. The molecular formula is C20H22ClFN4. The summed E-state index contributed by atoms with van der Waals surface area (Å²) in [5.74, 6) is -0.352. The molecule has 0 saturated carbocycles. The Bertz CT molecular complexity index is 843. The van der Waals surface area contributed by atoms with Crippen molar-refractivity contribution in [1.82, 2.24) is 20.3 Å². The summed E-state index contributed by atoms with van der Waals surface area (Å²) < 4.78 is 14.1. The van der Waals surface area contributed by atoms with Crippen LogP contribution in [-0.2, 0) is 13.1 Å². The highest BCUT2D eigenvalue weighted by atomic mass is 35.5. The lowest BCUT2D eigenvalue weighted by atomic mass is 10.1. The lowest BCUT2D eigenvalue weighted by molar-refractivity contribution is 0.515. The fraction of sp³-hybridized carbons (Fsp3) is 0.300. The Kier molecular flexibility index (Phi) is 6.01. The number of aromatic nitrogens is 3. The SMILES string of the molecule is CC[C@@H](C)NCc1nn(Cc2c(F)cccc2Cl)nc1-c1ccccc1. The Morgan fingerprint density at radius 1 is 1.12 bits per heavy atom. The van der Waals surface area contributed by atoms with E-state index in [1.54, 1.807) is 12.1 Å². The second kappa shape index (κ2) is 8.43. The van der Waals surface area contributed by atoms with E-state index in [-0.39, 0.29) is 12.4 Å². The van der Waals surface area contributed by atoms with Crippen LogP contribution in [0.1, 0.15) is 31.5 Å². The fourth-order valence-electron chi connectivity index (χ4n) is 2.63. The summed E-state index contributed by atoms with van der Waals surface area (Å²) in [4.78, 5) is 1.51.